The third-order valence-corrected chi connectivity index (χ3v) is 0.497. The predicted molar refractivity (Wildman–Crippen MR) is 26.8 cm³/mol. The van der Waals surface area contributed by atoms with Gasteiger partial charge in [0, 0.05) is 0 Å². The molecule has 0 radical (unpaired) electrons. The maximum absolute atomic E-state index is 8.45. The van der Waals surface area contributed by atoms with Crippen LogP contribution in [-0.2, 0) is 0 Å². The first kappa shape index (κ1) is 6.44. The lowest BCUT2D eigenvalue weighted by Crippen LogP contribution is -2.06. The molecule has 40 valence electrons. The molecule has 0 saturated heterocycles. The maximum Gasteiger partial charge on any atom is 0.102 e. The van der Waals surface area contributed by atoms with E-state index in [9.17, 15) is 0 Å². The van der Waals surface area contributed by atoms with Crippen molar-refractivity contribution in [1.82, 2.24) is 0 Å². The molecule has 2 heteroatoms. The summed E-state index contributed by atoms with van der Waals surface area (Å²) in [6, 6.07) is 0. The van der Waals surface area contributed by atoms with Crippen LogP contribution < -0.4 is 0 Å². The van der Waals surface area contributed by atoms with Gasteiger partial charge in [-0.15, -0.1) is 5.73 Å². The number of hydrogen-bond acceptors (Lipinski definition) is 2. The smallest absolute Gasteiger partial charge is 0.102 e. The Hall–Kier alpha value is -0.560. The lowest BCUT2D eigenvalue weighted by atomic mass is 10.4. The normalized spacial score (nSPS) is 12.3. The van der Waals surface area contributed by atoms with Gasteiger partial charge in [0.05, 0.1) is 6.61 Å². The summed E-state index contributed by atoms with van der Waals surface area (Å²) in [6.45, 7) is 2.94. The highest BCUT2D eigenvalue weighted by atomic mass is 16.3. The molecule has 0 heterocycles. The summed E-state index contributed by atoms with van der Waals surface area (Å²) in [5.41, 5.74) is 2.33. The summed E-state index contributed by atoms with van der Waals surface area (Å²) in [6.07, 6.45) is 0.498. The summed E-state index contributed by atoms with van der Waals surface area (Å²) in [7, 11) is 0. The van der Waals surface area contributed by atoms with Crippen LogP contribution in [0.2, 0.25) is 0 Å². The predicted octanol–water partition coefficient (Wildman–Crippen LogP) is -0.319. The highest BCUT2D eigenvalue weighted by Gasteiger charge is 1.89. The molecule has 1 unspecified atom stereocenters. The van der Waals surface area contributed by atoms with Crippen molar-refractivity contribution in [1.29, 1.82) is 0 Å². The lowest BCUT2D eigenvalue weighted by Gasteiger charge is -1.92. The van der Waals surface area contributed by atoms with E-state index < -0.39 is 6.10 Å². The van der Waals surface area contributed by atoms with Crippen molar-refractivity contribution < 1.29 is 10.2 Å². The van der Waals surface area contributed by atoms with Gasteiger partial charge in [-0.25, -0.2) is 0 Å². The number of rotatable bonds is 2. The highest BCUT2D eigenvalue weighted by Crippen LogP contribution is 1.77. The van der Waals surface area contributed by atoms with Crippen molar-refractivity contribution in [2.45, 2.75) is 6.10 Å². The van der Waals surface area contributed by atoms with Gasteiger partial charge in [-0.05, 0) is 6.08 Å². The molecule has 2 N–H and O–H groups in total. The van der Waals surface area contributed by atoms with E-state index in [1.54, 1.807) is 0 Å². The van der Waals surface area contributed by atoms with Gasteiger partial charge < -0.3 is 10.2 Å². The molecule has 2 nitrogen and oxygen atoms in total. The van der Waals surface area contributed by atoms with E-state index in [2.05, 4.69) is 12.3 Å². The average molecular weight is 100 g/mol. The van der Waals surface area contributed by atoms with Crippen LogP contribution in [0.15, 0.2) is 18.4 Å². The molecule has 0 aliphatic carbocycles. The topological polar surface area (TPSA) is 40.5 Å². The molecule has 0 aliphatic rings. The minimum atomic E-state index is -0.794. The number of hydrogen-bond donors (Lipinski definition) is 2. The third-order valence-electron chi connectivity index (χ3n) is 0.497. The minimum absolute atomic E-state index is 0.261. The summed E-state index contributed by atoms with van der Waals surface area (Å²) in [5, 5.41) is 16.6. The van der Waals surface area contributed by atoms with Gasteiger partial charge in [0.1, 0.15) is 6.10 Å². The maximum atomic E-state index is 8.45. The van der Waals surface area contributed by atoms with Crippen LogP contribution in [-0.4, -0.2) is 22.9 Å². The zero-order valence-corrected chi connectivity index (χ0v) is 3.96. The van der Waals surface area contributed by atoms with Gasteiger partial charge in [-0.1, -0.05) is 6.58 Å². The second-order valence-corrected chi connectivity index (χ2v) is 1.12. The van der Waals surface area contributed by atoms with Crippen molar-refractivity contribution in [2.75, 3.05) is 6.61 Å². The molecule has 0 rings (SSSR count). The van der Waals surface area contributed by atoms with Crippen LogP contribution in [0, 0.1) is 0 Å². The van der Waals surface area contributed by atoms with Crippen molar-refractivity contribution in [2.24, 2.45) is 0 Å². The van der Waals surface area contributed by atoms with E-state index in [4.69, 9.17) is 10.2 Å². The quantitative estimate of drug-likeness (QED) is 0.467. The van der Waals surface area contributed by atoms with Gasteiger partial charge in [-0.3, -0.25) is 0 Å². The molecular weight excluding hydrogens is 92.1 g/mol. The fourth-order valence-corrected chi connectivity index (χ4v) is 0.189. The molecule has 0 aromatic heterocycles. The Morgan fingerprint density at radius 1 is 1.86 bits per heavy atom. The summed E-state index contributed by atoms with van der Waals surface area (Å²) >= 11 is 0. The first-order chi connectivity index (χ1) is 3.31. The standard InChI is InChI=1S/C5H8O2/c1-2-3-5(7)4-6/h3,5-7H,1,4H2. The van der Waals surface area contributed by atoms with E-state index in [-0.39, 0.29) is 6.61 Å². The van der Waals surface area contributed by atoms with Gasteiger partial charge in [0.2, 0.25) is 0 Å². The Bertz CT molecular complexity index is 82.1. The summed E-state index contributed by atoms with van der Waals surface area (Å²) in [4.78, 5) is 0. The molecule has 0 amide bonds. The van der Waals surface area contributed by atoms with E-state index in [0.717, 1.165) is 0 Å². The fourth-order valence-electron chi connectivity index (χ4n) is 0.189. The largest absolute Gasteiger partial charge is 0.393 e. The lowest BCUT2D eigenvalue weighted by molar-refractivity contribution is 0.131. The van der Waals surface area contributed by atoms with Gasteiger partial charge in [0.25, 0.3) is 0 Å². The average Bonchev–Trinajstić information content (AvgIpc) is 1.68. The second kappa shape index (κ2) is 3.62. The van der Waals surface area contributed by atoms with Crippen molar-refractivity contribution >= 4 is 0 Å². The molecule has 0 aromatic rings. The van der Waals surface area contributed by atoms with Crippen molar-refractivity contribution in [3.63, 3.8) is 0 Å². The number of aliphatic hydroxyl groups is 2. The van der Waals surface area contributed by atoms with Crippen LogP contribution in [0.25, 0.3) is 0 Å². The van der Waals surface area contributed by atoms with Gasteiger partial charge in [0.15, 0.2) is 0 Å². The van der Waals surface area contributed by atoms with E-state index >= 15 is 0 Å². The molecule has 0 saturated carbocycles. The number of aliphatic hydroxyl groups excluding tert-OH is 2. The summed E-state index contributed by atoms with van der Waals surface area (Å²) < 4.78 is 0. The van der Waals surface area contributed by atoms with Gasteiger partial charge >= 0.3 is 0 Å². The summed E-state index contributed by atoms with van der Waals surface area (Å²) in [5.74, 6) is 0. The Morgan fingerprint density at radius 2 is 2.43 bits per heavy atom. The SMILES string of the molecule is C=C=CC(O)CO. The van der Waals surface area contributed by atoms with E-state index in [0.29, 0.717) is 0 Å². The Kier molecular flexibility index (Phi) is 3.33. The van der Waals surface area contributed by atoms with Crippen LogP contribution in [0.4, 0.5) is 0 Å². The zero-order chi connectivity index (χ0) is 5.70. The molecule has 0 aromatic carbocycles. The molecule has 0 spiro atoms. The molecule has 0 fully saturated rings. The van der Waals surface area contributed by atoms with E-state index in [1.807, 2.05) is 0 Å². The first-order valence-electron chi connectivity index (χ1n) is 1.96. The first-order valence-corrected chi connectivity index (χ1v) is 1.96. The second-order valence-electron chi connectivity index (χ2n) is 1.12. The Labute approximate surface area is 42.4 Å². The minimum Gasteiger partial charge on any atom is -0.393 e. The Morgan fingerprint density at radius 3 is 2.57 bits per heavy atom. The Balaban J connectivity index is 3.35. The fraction of sp³-hybridized carbons (Fsp3) is 0.400. The van der Waals surface area contributed by atoms with Crippen LogP contribution in [0.5, 0.6) is 0 Å². The molecule has 1 atom stereocenters. The van der Waals surface area contributed by atoms with Crippen LogP contribution in [0.3, 0.4) is 0 Å². The van der Waals surface area contributed by atoms with Crippen molar-refractivity contribution in [3.05, 3.63) is 18.4 Å². The zero-order valence-electron chi connectivity index (χ0n) is 3.96. The molecular formula is C5H8O2. The third kappa shape index (κ3) is 3.27. The van der Waals surface area contributed by atoms with E-state index in [1.165, 1.54) is 6.08 Å². The highest BCUT2D eigenvalue weighted by molar-refractivity contribution is 4.83. The molecule has 7 heavy (non-hydrogen) atoms. The molecule has 0 aliphatic heterocycles. The molecule has 0 bridgehead atoms. The van der Waals surface area contributed by atoms with Crippen LogP contribution in [0.1, 0.15) is 0 Å². The van der Waals surface area contributed by atoms with Crippen molar-refractivity contribution in [3.8, 4) is 0 Å². The van der Waals surface area contributed by atoms with Crippen LogP contribution >= 0.6 is 0 Å². The van der Waals surface area contributed by atoms with Gasteiger partial charge in [-0.2, -0.15) is 0 Å². The monoisotopic (exact) mass is 100 g/mol.